The number of hydrogen-bond acceptors (Lipinski definition) is 4. The summed E-state index contributed by atoms with van der Waals surface area (Å²) in [6.45, 7) is 6.59. The number of anilines is 2. The van der Waals surface area contributed by atoms with Crippen LogP contribution in [-0.4, -0.2) is 29.8 Å². The highest BCUT2D eigenvalue weighted by molar-refractivity contribution is 5.49. The van der Waals surface area contributed by atoms with Crippen LogP contribution in [0.5, 0.6) is 0 Å². The summed E-state index contributed by atoms with van der Waals surface area (Å²) >= 11 is 0. The number of aliphatic hydroxyl groups is 1. The Labute approximate surface area is 122 Å². The Morgan fingerprint density at radius 1 is 1.14 bits per heavy atom. The van der Waals surface area contributed by atoms with Crippen molar-refractivity contribution in [3.8, 4) is 0 Å². The predicted octanol–water partition coefficient (Wildman–Crippen LogP) is 3.35. The van der Waals surface area contributed by atoms with E-state index in [0.29, 0.717) is 19.5 Å². The maximum Gasteiger partial charge on any atom is 0.416 e. The third-order valence-corrected chi connectivity index (χ3v) is 3.05. The highest BCUT2D eigenvalue weighted by Crippen LogP contribution is 2.32. The first-order chi connectivity index (χ1) is 9.68. The fourth-order valence-corrected chi connectivity index (χ4v) is 1.78. The molecule has 0 unspecified atom stereocenters. The van der Waals surface area contributed by atoms with Gasteiger partial charge in [-0.15, -0.1) is 0 Å². The van der Waals surface area contributed by atoms with E-state index in [2.05, 4.69) is 15.6 Å². The van der Waals surface area contributed by atoms with Crippen LogP contribution in [0.3, 0.4) is 0 Å². The molecule has 0 aliphatic rings. The Kier molecular flexibility index (Phi) is 5.83. The average molecular weight is 305 g/mol. The summed E-state index contributed by atoms with van der Waals surface area (Å²) in [5.41, 5.74) is -0.973. The number of nitrogens with zero attached hydrogens (tertiary/aromatic N) is 1. The molecule has 21 heavy (non-hydrogen) atoms. The third kappa shape index (κ3) is 5.79. The molecule has 1 rings (SSSR count). The maximum atomic E-state index is 12.9. The molecule has 1 heterocycles. The first-order valence-corrected chi connectivity index (χ1v) is 6.86. The van der Waals surface area contributed by atoms with E-state index in [0.717, 1.165) is 12.1 Å². The van der Waals surface area contributed by atoms with Crippen molar-refractivity contribution >= 4 is 11.6 Å². The Hall–Kier alpha value is -1.50. The Balaban J connectivity index is 2.93. The van der Waals surface area contributed by atoms with Gasteiger partial charge in [-0.3, -0.25) is 0 Å². The molecule has 1 aromatic heterocycles. The SMILES string of the molecule is CCNc1cc(C(F)(F)F)cc(NCC(C)(C)CCO)n1. The lowest BCUT2D eigenvalue weighted by atomic mass is 9.90. The van der Waals surface area contributed by atoms with Crippen molar-refractivity contribution in [2.24, 2.45) is 5.41 Å². The molecular formula is C14H22F3N3O. The van der Waals surface area contributed by atoms with Gasteiger partial charge in [-0.25, -0.2) is 4.98 Å². The van der Waals surface area contributed by atoms with E-state index in [9.17, 15) is 13.2 Å². The van der Waals surface area contributed by atoms with Gasteiger partial charge >= 0.3 is 6.18 Å². The topological polar surface area (TPSA) is 57.2 Å². The van der Waals surface area contributed by atoms with Crippen LogP contribution < -0.4 is 10.6 Å². The number of alkyl halides is 3. The first-order valence-electron chi connectivity index (χ1n) is 6.86. The Bertz CT molecular complexity index is 461. The van der Waals surface area contributed by atoms with E-state index < -0.39 is 11.7 Å². The first kappa shape index (κ1) is 17.6. The molecule has 0 aliphatic carbocycles. The van der Waals surface area contributed by atoms with Crippen LogP contribution >= 0.6 is 0 Å². The summed E-state index contributed by atoms with van der Waals surface area (Å²) in [6, 6.07) is 1.99. The molecule has 4 nitrogen and oxygen atoms in total. The van der Waals surface area contributed by atoms with Crippen LogP contribution in [0.25, 0.3) is 0 Å². The molecule has 0 aromatic carbocycles. The summed E-state index contributed by atoms with van der Waals surface area (Å²) in [6.07, 6.45) is -3.86. The van der Waals surface area contributed by atoms with Gasteiger partial charge in [0.2, 0.25) is 0 Å². The van der Waals surface area contributed by atoms with Gasteiger partial charge in [0.15, 0.2) is 0 Å². The summed E-state index contributed by atoms with van der Waals surface area (Å²) in [7, 11) is 0. The lowest BCUT2D eigenvalue weighted by Crippen LogP contribution is -2.25. The molecule has 0 saturated carbocycles. The van der Waals surface area contributed by atoms with Gasteiger partial charge in [0.1, 0.15) is 11.6 Å². The number of rotatable bonds is 7. The van der Waals surface area contributed by atoms with Gasteiger partial charge in [-0.1, -0.05) is 13.8 Å². The second-order valence-electron chi connectivity index (χ2n) is 5.65. The molecule has 1 aromatic rings. The zero-order valence-electron chi connectivity index (χ0n) is 12.5. The van der Waals surface area contributed by atoms with Gasteiger partial charge in [0, 0.05) is 19.7 Å². The number of aromatic nitrogens is 1. The second-order valence-corrected chi connectivity index (χ2v) is 5.65. The van der Waals surface area contributed by atoms with Crippen molar-refractivity contribution in [1.29, 1.82) is 0 Å². The second kappa shape index (κ2) is 6.98. The zero-order chi connectivity index (χ0) is 16.1. The van der Waals surface area contributed by atoms with Crippen molar-refractivity contribution in [2.45, 2.75) is 33.4 Å². The predicted molar refractivity (Wildman–Crippen MR) is 77.4 cm³/mol. The summed E-state index contributed by atoms with van der Waals surface area (Å²) in [5, 5.41) is 14.7. The third-order valence-electron chi connectivity index (χ3n) is 3.05. The summed E-state index contributed by atoms with van der Waals surface area (Å²) < 4.78 is 38.6. The molecular weight excluding hydrogens is 283 g/mol. The van der Waals surface area contributed by atoms with Gasteiger partial charge in [-0.05, 0) is 30.9 Å². The molecule has 0 bridgehead atoms. The molecule has 0 atom stereocenters. The number of pyridine rings is 1. The number of nitrogens with one attached hydrogen (secondary N) is 2. The van der Waals surface area contributed by atoms with Crippen LogP contribution in [-0.2, 0) is 6.18 Å². The van der Waals surface area contributed by atoms with Crippen LogP contribution in [0.15, 0.2) is 12.1 Å². The van der Waals surface area contributed by atoms with Crippen LogP contribution in [0.1, 0.15) is 32.8 Å². The molecule has 7 heteroatoms. The molecule has 0 amide bonds. The van der Waals surface area contributed by atoms with E-state index in [-0.39, 0.29) is 23.7 Å². The zero-order valence-corrected chi connectivity index (χ0v) is 12.5. The largest absolute Gasteiger partial charge is 0.416 e. The normalized spacial score (nSPS) is 12.3. The summed E-state index contributed by atoms with van der Waals surface area (Å²) in [4.78, 5) is 4.12. The van der Waals surface area contributed by atoms with Crippen molar-refractivity contribution < 1.29 is 18.3 Å². The molecule has 0 saturated heterocycles. The minimum atomic E-state index is -4.41. The lowest BCUT2D eigenvalue weighted by molar-refractivity contribution is -0.137. The van der Waals surface area contributed by atoms with Gasteiger partial charge in [0.25, 0.3) is 0 Å². The van der Waals surface area contributed by atoms with Crippen molar-refractivity contribution in [1.82, 2.24) is 4.98 Å². The highest BCUT2D eigenvalue weighted by Gasteiger charge is 2.31. The fourth-order valence-electron chi connectivity index (χ4n) is 1.78. The highest BCUT2D eigenvalue weighted by atomic mass is 19.4. The van der Waals surface area contributed by atoms with Gasteiger partial charge < -0.3 is 15.7 Å². The van der Waals surface area contributed by atoms with Crippen LogP contribution in [0, 0.1) is 5.41 Å². The maximum absolute atomic E-state index is 12.9. The number of hydrogen-bond donors (Lipinski definition) is 3. The standard InChI is InChI=1S/C14H22F3N3O/c1-4-18-11-7-10(14(15,16)17)8-12(20-11)19-9-13(2,3)5-6-21/h7-8,21H,4-6,9H2,1-3H3,(H2,18,19,20). The molecule has 3 N–H and O–H groups in total. The van der Waals surface area contributed by atoms with Crippen molar-refractivity contribution in [3.05, 3.63) is 17.7 Å². The molecule has 120 valence electrons. The van der Waals surface area contributed by atoms with Crippen LogP contribution in [0.2, 0.25) is 0 Å². The fraction of sp³-hybridized carbons (Fsp3) is 0.643. The lowest BCUT2D eigenvalue weighted by Gasteiger charge is -2.24. The quantitative estimate of drug-likeness (QED) is 0.723. The van der Waals surface area contributed by atoms with E-state index in [1.165, 1.54) is 0 Å². The Morgan fingerprint density at radius 2 is 1.71 bits per heavy atom. The number of aliphatic hydroxyl groups excluding tert-OH is 1. The summed E-state index contributed by atoms with van der Waals surface area (Å²) in [5.74, 6) is 0.363. The molecule has 0 spiro atoms. The Morgan fingerprint density at radius 3 is 2.19 bits per heavy atom. The van der Waals surface area contributed by atoms with Crippen molar-refractivity contribution in [2.75, 3.05) is 30.3 Å². The smallest absolute Gasteiger partial charge is 0.396 e. The van der Waals surface area contributed by atoms with Gasteiger partial charge in [0.05, 0.1) is 5.56 Å². The van der Waals surface area contributed by atoms with E-state index in [1.807, 2.05) is 13.8 Å². The van der Waals surface area contributed by atoms with Gasteiger partial charge in [-0.2, -0.15) is 13.2 Å². The van der Waals surface area contributed by atoms with Crippen LogP contribution in [0.4, 0.5) is 24.8 Å². The monoisotopic (exact) mass is 305 g/mol. The minimum absolute atomic E-state index is 0.0351. The molecule has 0 radical (unpaired) electrons. The van der Waals surface area contributed by atoms with E-state index in [4.69, 9.17) is 5.11 Å². The molecule has 0 fully saturated rings. The average Bonchev–Trinajstić information content (AvgIpc) is 2.36. The minimum Gasteiger partial charge on any atom is -0.396 e. The molecule has 0 aliphatic heterocycles. The van der Waals surface area contributed by atoms with Crippen molar-refractivity contribution in [3.63, 3.8) is 0 Å². The number of halogens is 3. The van der Waals surface area contributed by atoms with E-state index >= 15 is 0 Å². The van der Waals surface area contributed by atoms with E-state index in [1.54, 1.807) is 6.92 Å².